The van der Waals surface area contributed by atoms with Crippen LogP contribution < -0.4 is 9.47 Å². The SMILES string of the molecule is COc1ccsc1.COc1ccsc1C=O. The third-order valence-corrected chi connectivity index (χ3v) is 3.20. The van der Waals surface area contributed by atoms with Crippen molar-refractivity contribution < 1.29 is 14.3 Å². The van der Waals surface area contributed by atoms with Crippen LogP contribution in [0.1, 0.15) is 9.67 Å². The molecule has 0 fully saturated rings. The Morgan fingerprint density at radius 3 is 2.38 bits per heavy atom. The first-order valence-corrected chi connectivity index (χ1v) is 6.27. The second-order valence-corrected chi connectivity index (χ2v) is 4.36. The standard InChI is InChI=1S/C6H6O2S.C5H6OS/c1-8-5-2-3-9-6(5)4-7;1-6-5-2-3-7-4-5/h2-4H,1H3;2-4H,1H3. The zero-order chi connectivity index (χ0) is 11.8. The maximum absolute atomic E-state index is 10.2. The van der Waals surface area contributed by atoms with Crippen LogP contribution in [0.2, 0.25) is 0 Å². The van der Waals surface area contributed by atoms with Gasteiger partial charge in [-0.25, -0.2) is 0 Å². The van der Waals surface area contributed by atoms with Crippen molar-refractivity contribution in [2.75, 3.05) is 14.2 Å². The van der Waals surface area contributed by atoms with Gasteiger partial charge in [-0.05, 0) is 22.9 Å². The second kappa shape index (κ2) is 7.03. The summed E-state index contributed by atoms with van der Waals surface area (Å²) in [4.78, 5) is 10.8. The molecule has 0 atom stereocenters. The highest BCUT2D eigenvalue weighted by molar-refractivity contribution is 7.12. The first kappa shape index (κ1) is 12.7. The third-order valence-electron chi connectivity index (χ3n) is 1.71. The van der Waals surface area contributed by atoms with Crippen LogP contribution in [-0.2, 0) is 0 Å². The summed E-state index contributed by atoms with van der Waals surface area (Å²) in [6.07, 6.45) is 0.795. The van der Waals surface area contributed by atoms with Crippen LogP contribution in [0.25, 0.3) is 0 Å². The van der Waals surface area contributed by atoms with Crippen LogP contribution in [-0.4, -0.2) is 20.5 Å². The highest BCUT2D eigenvalue weighted by Crippen LogP contribution is 2.21. The molecule has 3 nitrogen and oxygen atoms in total. The van der Waals surface area contributed by atoms with Crippen LogP contribution in [0.15, 0.2) is 28.3 Å². The van der Waals surface area contributed by atoms with Crippen molar-refractivity contribution in [2.45, 2.75) is 0 Å². The molecule has 0 saturated carbocycles. The summed E-state index contributed by atoms with van der Waals surface area (Å²) >= 11 is 3.02. The van der Waals surface area contributed by atoms with Gasteiger partial charge < -0.3 is 9.47 Å². The third kappa shape index (κ3) is 3.67. The average Bonchev–Trinajstić information content (AvgIpc) is 3.00. The number of hydrogen-bond acceptors (Lipinski definition) is 5. The van der Waals surface area contributed by atoms with Crippen molar-refractivity contribution in [3.8, 4) is 11.5 Å². The monoisotopic (exact) mass is 256 g/mol. The van der Waals surface area contributed by atoms with Crippen molar-refractivity contribution in [1.29, 1.82) is 0 Å². The van der Waals surface area contributed by atoms with Gasteiger partial charge in [0.1, 0.15) is 16.4 Å². The molecule has 2 aromatic rings. The van der Waals surface area contributed by atoms with Crippen LogP contribution in [0, 0.1) is 0 Å². The van der Waals surface area contributed by atoms with Gasteiger partial charge in [0.2, 0.25) is 0 Å². The summed E-state index contributed by atoms with van der Waals surface area (Å²) < 4.78 is 9.72. The summed E-state index contributed by atoms with van der Waals surface area (Å²) in [6, 6.07) is 3.71. The zero-order valence-electron chi connectivity index (χ0n) is 9.01. The molecule has 5 heteroatoms. The van der Waals surface area contributed by atoms with E-state index < -0.39 is 0 Å². The Kier molecular flexibility index (Phi) is 5.60. The van der Waals surface area contributed by atoms with Crippen molar-refractivity contribution in [3.05, 3.63) is 33.2 Å². The van der Waals surface area contributed by atoms with Gasteiger partial charge in [-0.1, -0.05) is 0 Å². The number of methoxy groups -OCH3 is 2. The summed E-state index contributed by atoms with van der Waals surface area (Å²) in [5, 5.41) is 5.77. The first-order valence-electron chi connectivity index (χ1n) is 4.44. The minimum Gasteiger partial charge on any atom is -0.496 e. The molecule has 0 aromatic carbocycles. The maximum Gasteiger partial charge on any atom is 0.163 e. The predicted octanol–water partition coefficient (Wildman–Crippen LogP) is 3.33. The summed E-state index contributed by atoms with van der Waals surface area (Å²) in [5.74, 6) is 1.61. The molecular weight excluding hydrogens is 244 g/mol. The van der Waals surface area contributed by atoms with Gasteiger partial charge in [0.05, 0.1) is 14.2 Å². The molecule has 2 heterocycles. The van der Waals surface area contributed by atoms with E-state index in [4.69, 9.17) is 9.47 Å². The molecule has 0 saturated heterocycles. The first-order chi connectivity index (χ1) is 7.81. The fraction of sp³-hybridized carbons (Fsp3) is 0.182. The molecule has 0 aliphatic carbocycles. The normalized spacial score (nSPS) is 8.88. The predicted molar refractivity (Wildman–Crippen MR) is 67.1 cm³/mol. The van der Waals surface area contributed by atoms with Crippen molar-refractivity contribution >= 4 is 29.0 Å². The Balaban J connectivity index is 0.000000165. The highest BCUT2D eigenvalue weighted by atomic mass is 32.1. The van der Waals surface area contributed by atoms with E-state index in [1.807, 2.05) is 22.2 Å². The lowest BCUT2D eigenvalue weighted by molar-refractivity contribution is 0.112. The van der Waals surface area contributed by atoms with Crippen molar-refractivity contribution in [3.63, 3.8) is 0 Å². The Morgan fingerprint density at radius 2 is 2.00 bits per heavy atom. The summed E-state index contributed by atoms with van der Waals surface area (Å²) in [5.41, 5.74) is 0. The molecule has 2 rings (SSSR count). The molecular formula is C11H12O3S2. The summed E-state index contributed by atoms with van der Waals surface area (Å²) in [7, 11) is 3.22. The van der Waals surface area contributed by atoms with Crippen LogP contribution in [0.5, 0.6) is 11.5 Å². The number of hydrogen-bond donors (Lipinski definition) is 0. The molecule has 86 valence electrons. The van der Waals surface area contributed by atoms with Crippen LogP contribution >= 0.6 is 22.7 Å². The molecule has 16 heavy (non-hydrogen) atoms. The molecule has 0 spiro atoms. The van der Waals surface area contributed by atoms with Crippen LogP contribution in [0.4, 0.5) is 0 Å². The smallest absolute Gasteiger partial charge is 0.163 e. The average molecular weight is 256 g/mol. The van der Waals surface area contributed by atoms with E-state index in [-0.39, 0.29) is 0 Å². The lowest BCUT2D eigenvalue weighted by Crippen LogP contribution is -1.82. The van der Waals surface area contributed by atoms with Crippen molar-refractivity contribution in [1.82, 2.24) is 0 Å². The molecule has 0 aliphatic rings. The topological polar surface area (TPSA) is 35.5 Å². The van der Waals surface area contributed by atoms with Gasteiger partial charge in [0, 0.05) is 5.38 Å². The Labute approximate surface area is 102 Å². The van der Waals surface area contributed by atoms with E-state index in [0.29, 0.717) is 10.6 Å². The van der Waals surface area contributed by atoms with E-state index in [1.165, 1.54) is 11.3 Å². The fourth-order valence-corrected chi connectivity index (χ4v) is 2.19. The Bertz CT molecular complexity index is 407. The quantitative estimate of drug-likeness (QED) is 0.790. The summed E-state index contributed by atoms with van der Waals surface area (Å²) in [6.45, 7) is 0. The van der Waals surface area contributed by atoms with Gasteiger partial charge >= 0.3 is 0 Å². The lowest BCUT2D eigenvalue weighted by atomic mass is 10.5. The minimum absolute atomic E-state index is 0.650. The van der Waals surface area contributed by atoms with Crippen molar-refractivity contribution in [2.24, 2.45) is 0 Å². The number of carbonyl (C=O) groups is 1. The lowest BCUT2D eigenvalue weighted by Gasteiger charge is -1.92. The zero-order valence-corrected chi connectivity index (χ0v) is 10.6. The van der Waals surface area contributed by atoms with Gasteiger partial charge in [-0.2, -0.15) is 0 Å². The molecule has 0 amide bonds. The molecule has 0 aliphatic heterocycles. The number of ether oxygens (including phenoxy) is 2. The number of aldehydes is 1. The molecule has 0 bridgehead atoms. The molecule has 0 radical (unpaired) electrons. The van der Waals surface area contributed by atoms with E-state index >= 15 is 0 Å². The Hall–Kier alpha value is -1.33. The van der Waals surface area contributed by atoms with Gasteiger partial charge in [-0.3, -0.25) is 4.79 Å². The Morgan fingerprint density at radius 1 is 1.19 bits per heavy atom. The van der Waals surface area contributed by atoms with E-state index in [1.54, 1.807) is 31.6 Å². The molecule has 0 N–H and O–H groups in total. The number of carbonyl (C=O) groups excluding carboxylic acids is 1. The highest BCUT2D eigenvalue weighted by Gasteiger charge is 1.99. The van der Waals surface area contributed by atoms with Gasteiger partial charge in [-0.15, -0.1) is 22.7 Å². The fourth-order valence-electron chi connectivity index (χ4n) is 0.932. The molecule has 2 aromatic heterocycles. The second-order valence-electron chi connectivity index (χ2n) is 2.63. The van der Waals surface area contributed by atoms with Crippen LogP contribution in [0.3, 0.4) is 0 Å². The number of rotatable bonds is 3. The maximum atomic E-state index is 10.2. The molecule has 0 unspecified atom stereocenters. The van der Waals surface area contributed by atoms with E-state index in [9.17, 15) is 4.79 Å². The van der Waals surface area contributed by atoms with E-state index in [2.05, 4.69) is 0 Å². The van der Waals surface area contributed by atoms with E-state index in [0.717, 1.165) is 12.0 Å². The van der Waals surface area contributed by atoms with Gasteiger partial charge in [0.25, 0.3) is 0 Å². The van der Waals surface area contributed by atoms with Gasteiger partial charge in [0.15, 0.2) is 6.29 Å². The number of thiophene rings is 2. The largest absolute Gasteiger partial charge is 0.496 e. The minimum atomic E-state index is 0.650.